The average Bonchev–Trinajstić information content (AvgIpc) is 2.87. The van der Waals surface area contributed by atoms with Crippen molar-refractivity contribution in [3.63, 3.8) is 0 Å². The van der Waals surface area contributed by atoms with E-state index in [4.69, 9.17) is 25.5 Å². The zero-order chi connectivity index (χ0) is 32.8. The van der Waals surface area contributed by atoms with E-state index in [1.807, 2.05) is 4.90 Å². The number of carboxylic acids is 2. The summed E-state index contributed by atoms with van der Waals surface area (Å²) in [6, 6.07) is 2.86. The number of aromatic nitrogens is 2. The second-order valence-corrected chi connectivity index (χ2v) is 7.89. The Hall–Kier alpha value is -4.16. The Balaban J connectivity index is 0.000000690. The van der Waals surface area contributed by atoms with Crippen LogP contribution < -0.4 is 10.6 Å². The van der Waals surface area contributed by atoms with Crippen molar-refractivity contribution in [1.29, 1.82) is 0 Å². The number of rotatable bonds is 3. The fourth-order valence-corrected chi connectivity index (χ4v) is 3.07. The Kier molecular flexibility index (Phi) is 15.3. The first-order valence-electron chi connectivity index (χ1n) is 11.4. The Labute approximate surface area is 231 Å². The Morgan fingerprint density at radius 1 is 1.00 bits per heavy atom. The molecule has 1 saturated heterocycles. The number of piperidine rings is 1. The summed E-state index contributed by atoms with van der Waals surface area (Å²) in [5, 5.41) is 14.2. The number of alkyl halides is 6. The van der Waals surface area contributed by atoms with Crippen LogP contribution >= 0.6 is 0 Å². The molecular weight excluding hydrogens is 599 g/mol. The summed E-state index contributed by atoms with van der Waals surface area (Å²) in [7, 11) is 0. The van der Waals surface area contributed by atoms with Crippen LogP contribution in [0, 0.1) is 17.5 Å². The first-order valence-corrected chi connectivity index (χ1v) is 11.4. The number of aliphatic carboxylic acids is 2. The monoisotopic (exact) mass is 624 g/mol. The SMILES string of the molecule is CCOC(C)=O.N[C@H]1CN(c2ccncn2)CC[C@@H]1c1cc(F)c(F)cc1F.O=C(O)C(F)(F)F.O=C(O)C(F)(F)F. The maximum Gasteiger partial charge on any atom is 0.490 e. The van der Waals surface area contributed by atoms with Gasteiger partial charge >= 0.3 is 30.3 Å². The van der Waals surface area contributed by atoms with Gasteiger partial charge in [0.15, 0.2) is 11.6 Å². The van der Waals surface area contributed by atoms with Crippen LogP contribution in [0.1, 0.15) is 31.7 Å². The van der Waals surface area contributed by atoms with E-state index in [9.17, 15) is 44.3 Å². The molecule has 10 nitrogen and oxygen atoms in total. The summed E-state index contributed by atoms with van der Waals surface area (Å²) >= 11 is 0. The lowest BCUT2D eigenvalue weighted by Gasteiger charge is -2.37. The molecule has 1 fully saturated rings. The summed E-state index contributed by atoms with van der Waals surface area (Å²) in [5.41, 5.74) is 6.26. The second-order valence-electron chi connectivity index (χ2n) is 7.89. The van der Waals surface area contributed by atoms with Crippen LogP contribution in [-0.4, -0.2) is 76.2 Å². The molecule has 4 N–H and O–H groups in total. The topological polar surface area (TPSA) is 156 Å². The average molecular weight is 624 g/mol. The first kappa shape index (κ1) is 37.8. The minimum absolute atomic E-state index is 0.133. The van der Waals surface area contributed by atoms with E-state index in [2.05, 4.69) is 14.7 Å². The van der Waals surface area contributed by atoms with Crippen LogP contribution in [0.2, 0.25) is 0 Å². The smallest absolute Gasteiger partial charge is 0.475 e. The molecule has 3 rings (SSSR count). The fraction of sp³-hybridized carbons (Fsp3) is 0.435. The zero-order valence-electron chi connectivity index (χ0n) is 21.7. The second kappa shape index (κ2) is 16.9. The van der Waals surface area contributed by atoms with Gasteiger partial charge in [-0.25, -0.2) is 32.7 Å². The Morgan fingerprint density at radius 2 is 1.50 bits per heavy atom. The summed E-state index contributed by atoms with van der Waals surface area (Å²) in [4.78, 5) is 37.6. The molecule has 0 spiro atoms. The molecule has 0 amide bonds. The number of nitrogens with zero attached hydrogens (tertiary/aromatic N) is 3. The van der Waals surface area contributed by atoms with Gasteiger partial charge in [-0.2, -0.15) is 26.3 Å². The van der Waals surface area contributed by atoms with E-state index in [0.29, 0.717) is 32.2 Å². The Bertz CT molecular complexity index is 1140. The van der Waals surface area contributed by atoms with Gasteiger partial charge in [0.1, 0.15) is 18.0 Å². The maximum atomic E-state index is 13.9. The van der Waals surface area contributed by atoms with Crippen LogP contribution in [0.3, 0.4) is 0 Å². The molecule has 236 valence electrons. The molecular formula is C23H25F9N4O6. The van der Waals surface area contributed by atoms with Crippen molar-refractivity contribution in [3.8, 4) is 0 Å². The summed E-state index contributed by atoms with van der Waals surface area (Å²) in [5.74, 6) is -8.33. The van der Waals surface area contributed by atoms with Gasteiger partial charge in [-0.1, -0.05) is 0 Å². The highest BCUT2D eigenvalue weighted by Crippen LogP contribution is 2.31. The van der Waals surface area contributed by atoms with Gasteiger partial charge in [-0.15, -0.1) is 0 Å². The van der Waals surface area contributed by atoms with Crippen molar-refractivity contribution < 1.29 is 68.8 Å². The van der Waals surface area contributed by atoms with E-state index >= 15 is 0 Å². The lowest BCUT2D eigenvalue weighted by atomic mass is 9.85. The molecule has 2 heterocycles. The molecule has 0 aliphatic carbocycles. The molecule has 19 heteroatoms. The fourth-order valence-electron chi connectivity index (χ4n) is 3.07. The molecule has 42 heavy (non-hydrogen) atoms. The van der Waals surface area contributed by atoms with Gasteiger partial charge in [-0.05, 0) is 31.0 Å². The van der Waals surface area contributed by atoms with E-state index < -0.39 is 47.8 Å². The summed E-state index contributed by atoms with van der Waals surface area (Å²) < 4.78 is 108. The van der Waals surface area contributed by atoms with Crippen LogP contribution in [-0.2, 0) is 19.1 Å². The minimum Gasteiger partial charge on any atom is -0.475 e. The molecule has 0 unspecified atom stereocenters. The molecule has 1 aliphatic heterocycles. The lowest BCUT2D eigenvalue weighted by molar-refractivity contribution is -0.193. The van der Waals surface area contributed by atoms with Crippen molar-refractivity contribution in [2.75, 3.05) is 24.6 Å². The van der Waals surface area contributed by atoms with Crippen molar-refractivity contribution in [3.05, 3.63) is 53.7 Å². The largest absolute Gasteiger partial charge is 0.490 e. The minimum atomic E-state index is -5.08. The number of carboxylic acid groups (broad SMARTS) is 2. The molecule has 1 aliphatic rings. The highest BCUT2D eigenvalue weighted by Gasteiger charge is 2.39. The molecule has 1 aromatic heterocycles. The van der Waals surface area contributed by atoms with Crippen molar-refractivity contribution >= 4 is 23.7 Å². The normalized spacial score (nSPS) is 16.3. The van der Waals surface area contributed by atoms with E-state index in [0.717, 1.165) is 11.9 Å². The number of esters is 1. The van der Waals surface area contributed by atoms with E-state index in [1.165, 1.54) is 13.3 Å². The van der Waals surface area contributed by atoms with Crippen molar-refractivity contribution in [2.24, 2.45) is 5.73 Å². The third-order valence-corrected chi connectivity index (χ3v) is 4.82. The van der Waals surface area contributed by atoms with Gasteiger partial charge in [0.05, 0.1) is 6.61 Å². The van der Waals surface area contributed by atoms with Crippen LogP contribution in [0.4, 0.5) is 45.3 Å². The van der Waals surface area contributed by atoms with E-state index in [-0.39, 0.29) is 17.5 Å². The van der Waals surface area contributed by atoms with Crippen molar-refractivity contribution in [1.82, 2.24) is 9.97 Å². The number of ether oxygens (including phenoxy) is 1. The Morgan fingerprint density at radius 3 is 1.86 bits per heavy atom. The number of nitrogens with two attached hydrogens (primary N) is 1. The highest BCUT2D eigenvalue weighted by molar-refractivity contribution is 5.73. The van der Waals surface area contributed by atoms with Crippen LogP contribution in [0.5, 0.6) is 0 Å². The third kappa shape index (κ3) is 14.0. The van der Waals surface area contributed by atoms with Gasteiger partial charge in [-0.3, -0.25) is 4.79 Å². The lowest BCUT2D eigenvalue weighted by Crippen LogP contribution is -2.48. The summed E-state index contributed by atoms with van der Waals surface area (Å²) in [6.45, 7) is 4.72. The number of benzene rings is 1. The third-order valence-electron chi connectivity index (χ3n) is 4.82. The maximum absolute atomic E-state index is 13.9. The van der Waals surface area contributed by atoms with Gasteiger partial charge < -0.3 is 25.6 Å². The molecule has 2 atom stereocenters. The van der Waals surface area contributed by atoms with Crippen LogP contribution in [0.25, 0.3) is 0 Å². The quantitative estimate of drug-likeness (QED) is 0.259. The number of hydrogen-bond acceptors (Lipinski definition) is 8. The molecule has 0 bridgehead atoms. The van der Waals surface area contributed by atoms with E-state index in [1.54, 1.807) is 19.2 Å². The predicted molar refractivity (Wildman–Crippen MR) is 126 cm³/mol. The molecule has 2 aromatic rings. The number of anilines is 1. The number of halogens is 9. The predicted octanol–water partition coefficient (Wildman–Crippen LogP) is 4.05. The highest BCUT2D eigenvalue weighted by atomic mass is 19.4. The molecule has 0 radical (unpaired) electrons. The number of carbonyl (C=O) groups is 3. The zero-order valence-corrected chi connectivity index (χ0v) is 21.7. The molecule has 0 saturated carbocycles. The number of hydrogen-bond donors (Lipinski definition) is 3. The van der Waals surface area contributed by atoms with Gasteiger partial charge in [0.2, 0.25) is 0 Å². The standard InChI is InChI=1S/C15H15F3N4.C4H8O2.2C2HF3O2/c16-11-6-13(18)12(17)5-10(11)9-2-4-22(7-14(9)19)15-1-3-20-8-21-15;1-3-6-4(2)5;2*3-2(4,5)1(6)7/h1,3,5-6,8-9,14H,2,4,7,19H2;3H2,1-2H3;2*(H,6,7)/t9-,14+;;;/m1.../s1. The summed E-state index contributed by atoms with van der Waals surface area (Å²) in [6.07, 6.45) is -6.55. The number of carbonyl (C=O) groups excluding carboxylic acids is 1. The van der Waals surface area contributed by atoms with Crippen molar-refractivity contribution in [2.45, 2.75) is 44.6 Å². The van der Waals surface area contributed by atoms with Gasteiger partial charge in [0.25, 0.3) is 0 Å². The van der Waals surface area contributed by atoms with Crippen LogP contribution in [0.15, 0.2) is 30.7 Å². The van der Waals surface area contributed by atoms with Gasteiger partial charge in [0, 0.05) is 44.2 Å². The molecule has 1 aromatic carbocycles. The first-order chi connectivity index (χ1) is 19.2.